The molecule has 88 valence electrons. The van der Waals surface area contributed by atoms with Crippen LogP contribution < -0.4 is 0 Å². The van der Waals surface area contributed by atoms with Gasteiger partial charge in [-0.3, -0.25) is 0 Å². The van der Waals surface area contributed by atoms with Crippen molar-refractivity contribution < 1.29 is 5.11 Å². The lowest BCUT2D eigenvalue weighted by atomic mass is 9.73. The Morgan fingerprint density at radius 2 is 1.94 bits per heavy atom. The molecule has 2 bridgehead atoms. The van der Waals surface area contributed by atoms with Gasteiger partial charge in [-0.15, -0.1) is 0 Å². The molecule has 3 aliphatic carbocycles. The number of rotatable bonds is 1. The molecule has 1 heteroatoms. The number of para-hydroxylation sites is 1. The molecule has 17 heavy (non-hydrogen) atoms. The van der Waals surface area contributed by atoms with Crippen molar-refractivity contribution >= 4 is 0 Å². The van der Waals surface area contributed by atoms with Crippen molar-refractivity contribution in [3.05, 3.63) is 42.0 Å². The number of hydrogen-bond acceptors (Lipinski definition) is 1. The van der Waals surface area contributed by atoms with E-state index in [-0.39, 0.29) is 0 Å². The summed E-state index contributed by atoms with van der Waals surface area (Å²) in [7, 11) is 0. The van der Waals surface area contributed by atoms with E-state index in [1.165, 1.54) is 24.8 Å². The van der Waals surface area contributed by atoms with Crippen molar-refractivity contribution in [3.63, 3.8) is 0 Å². The monoisotopic (exact) mass is 226 g/mol. The number of phenolic OH excluding ortho intramolecular Hbond substituents is 1. The van der Waals surface area contributed by atoms with Gasteiger partial charge in [0.1, 0.15) is 5.75 Å². The van der Waals surface area contributed by atoms with Gasteiger partial charge in [0.05, 0.1) is 0 Å². The molecule has 2 saturated carbocycles. The molecule has 1 aromatic rings. The third-order valence-electron chi connectivity index (χ3n) is 5.35. The lowest BCUT2D eigenvalue weighted by Gasteiger charge is -2.31. The highest BCUT2D eigenvalue weighted by Crippen LogP contribution is 2.62. The van der Waals surface area contributed by atoms with Crippen molar-refractivity contribution in [1.82, 2.24) is 0 Å². The van der Waals surface area contributed by atoms with Crippen LogP contribution in [-0.2, 0) is 0 Å². The maximum Gasteiger partial charge on any atom is 0.119 e. The maximum absolute atomic E-state index is 10.0. The summed E-state index contributed by atoms with van der Waals surface area (Å²) in [5.74, 6) is 4.54. The highest BCUT2D eigenvalue weighted by Gasteiger charge is 2.52. The number of fused-ring (bicyclic) bond motifs is 5. The largest absolute Gasteiger partial charge is 0.508 e. The third-order valence-corrected chi connectivity index (χ3v) is 5.35. The first-order valence-electron chi connectivity index (χ1n) is 6.79. The Morgan fingerprint density at radius 3 is 2.82 bits per heavy atom. The van der Waals surface area contributed by atoms with E-state index >= 15 is 0 Å². The van der Waals surface area contributed by atoms with Gasteiger partial charge in [-0.2, -0.15) is 0 Å². The molecule has 0 saturated heterocycles. The van der Waals surface area contributed by atoms with E-state index in [2.05, 4.69) is 24.3 Å². The fraction of sp³-hybridized carbons (Fsp3) is 0.500. The van der Waals surface area contributed by atoms with Crippen LogP contribution in [0.1, 0.15) is 30.7 Å². The van der Waals surface area contributed by atoms with E-state index in [9.17, 15) is 5.11 Å². The Labute approximate surface area is 102 Å². The number of phenols is 1. The predicted octanol–water partition coefficient (Wildman–Crippen LogP) is 3.71. The lowest BCUT2D eigenvalue weighted by molar-refractivity contribution is 0.254. The molecule has 3 aliphatic rings. The second-order valence-corrected chi connectivity index (χ2v) is 5.97. The normalized spacial score (nSPS) is 42.0. The summed E-state index contributed by atoms with van der Waals surface area (Å²) in [6.07, 6.45) is 8.81. The van der Waals surface area contributed by atoms with Crippen molar-refractivity contribution in [2.75, 3.05) is 0 Å². The predicted molar refractivity (Wildman–Crippen MR) is 67.8 cm³/mol. The summed E-state index contributed by atoms with van der Waals surface area (Å²) >= 11 is 0. The fourth-order valence-corrected chi connectivity index (χ4v) is 4.70. The van der Waals surface area contributed by atoms with E-state index < -0.39 is 0 Å². The standard InChI is InChI=1S/C16H18O/c17-16-7-2-1-4-13(16)15-9-10-8-14(15)12-6-3-5-11(10)12/h1-4,6-7,10-12,14-15,17H,5,8-9H2. The molecule has 1 aromatic carbocycles. The molecule has 2 fully saturated rings. The van der Waals surface area contributed by atoms with Crippen LogP contribution in [0.3, 0.4) is 0 Å². The van der Waals surface area contributed by atoms with Crippen LogP contribution in [0.2, 0.25) is 0 Å². The molecular weight excluding hydrogens is 208 g/mol. The van der Waals surface area contributed by atoms with E-state index in [0.29, 0.717) is 11.7 Å². The number of benzene rings is 1. The van der Waals surface area contributed by atoms with Crippen LogP contribution in [0.5, 0.6) is 5.75 Å². The SMILES string of the molecule is Oc1ccccc1C1CC2CC1C1C=CCC21. The van der Waals surface area contributed by atoms with Gasteiger partial charge in [-0.25, -0.2) is 0 Å². The molecule has 1 N–H and O–H groups in total. The average Bonchev–Trinajstić information content (AvgIpc) is 3.01. The Balaban J connectivity index is 1.70. The Bertz CT molecular complexity index is 476. The molecule has 1 nitrogen and oxygen atoms in total. The fourth-order valence-electron chi connectivity index (χ4n) is 4.70. The second-order valence-electron chi connectivity index (χ2n) is 5.97. The third kappa shape index (κ3) is 1.25. The van der Waals surface area contributed by atoms with Gasteiger partial charge in [0.2, 0.25) is 0 Å². The van der Waals surface area contributed by atoms with Gasteiger partial charge in [0.15, 0.2) is 0 Å². The Hall–Kier alpha value is -1.24. The lowest BCUT2D eigenvalue weighted by Crippen LogP contribution is -2.23. The zero-order valence-electron chi connectivity index (χ0n) is 9.92. The van der Waals surface area contributed by atoms with Crippen LogP contribution >= 0.6 is 0 Å². The summed E-state index contributed by atoms with van der Waals surface area (Å²) in [5, 5.41) is 10.0. The summed E-state index contributed by atoms with van der Waals surface area (Å²) in [6.45, 7) is 0. The van der Waals surface area contributed by atoms with Crippen molar-refractivity contribution in [2.45, 2.75) is 25.2 Å². The van der Waals surface area contributed by atoms with Crippen molar-refractivity contribution in [3.8, 4) is 5.75 Å². The van der Waals surface area contributed by atoms with Crippen LogP contribution in [0.4, 0.5) is 0 Å². The number of aromatic hydroxyl groups is 1. The molecule has 0 aromatic heterocycles. The van der Waals surface area contributed by atoms with Gasteiger partial charge >= 0.3 is 0 Å². The molecule has 0 heterocycles. The highest BCUT2D eigenvalue weighted by molar-refractivity contribution is 5.37. The average molecular weight is 226 g/mol. The molecule has 0 radical (unpaired) electrons. The van der Waals surface area contributed by atoms with Crippen molar-refractivity contribution in [2.24, 2.45) is 23.7 Å². The van der Waals surface area contributed by atoms with E-state index in [1.54, 1.807) is 0 Å². The summed E-state index contributed by atoms with van der Waals surface area (Å²) in [5.41, 5.74) is 1.19. The summed E-state index contributed by atoms with van der Waals surface area (Å²) < 4.78 is 0. The first-order valence-corrected chi connectivity index (χ1v) is 6.79. The van der Waals surface area contributed by atoms with Gasteiger partial charge in [-0.1, -0.05) is 30.4 Å². The smallest absolute Gasteiger partial charge is 0.119 e. The minimum atomic E-state index is 0.503. The first-order chi connectivity index (χ1) is 8.34. The molecule has 0 aliphatic heterocycles. The molecule has 5 unspecified atom stereocenters. The first kappa shape index (κ1) is 9.76. The van der Waals surface area contributed by atoms with Crippen molar-refractivity contribution in [1.29, 1.82) is 0 Å². The zero-order valence-corrected chi connectivity index (χ0v) is 9.92. The number of hydrogen-bond donors (Lipinski definition) is 1. The Kier molecular flexibility index (Phi) is 1.94. The van der Waals surface area contributed by atoms with Gasteiger partial charge in [-0.05, 0) is 60.5 Å². The minimum absolute atomic E-state index is 0.503. The molecule has 4 rings (SSSR count). The summed E-state index contributed by atoms with van der Waals surface area (Å²) in [6, 6.07) is 7.94. The molecule has 0 amide bonds. The van der Waals surface area contributed by atoms with Gasteiger partial charge in [0.25, 0.3) is 0 Å². The topological polar surface area (TPSA) is 20.2 Å². The number of allylic oxidation sites excluding steroid dienone is 2. The quantitative estimate of drug-likeness (QED) is 0.724. The second kappa shape index (κ2) is 3.38. The van der Waals surface area contributed by atoms with Crippen LogP contribution in [-0.4, -0.2) is 5.11 Å². The van der Waals surface area contributed by atoms with Crippen LogP contribution in [0.25, 0.3) is 0 Å². The van der Waals surface area contributed by atoms with E-state index in [1.807, 2.05) is 12.1 Å². The maximum atomic E-state index is 10.0. The Morgan fingerprint density at radius 1 is 1.06 bits per heavy atom. The highest BCUT2D eigenvalue weighted by atomic mass is 16.3. The molecule has 0 spiro atoms. The van der Waals surface area contributed by atoms with E-state index in [0.717, 1.165) is 23.7 Å². The molecular formula is C16H18O. The minimum Gasteiger partial charge on any atom is -0.508 e. The van der Waals surface area contributed by atoms with E-state index in [4.69, 9.17) is 0 Å². The zero-order chi connectivity index (χ0) is 11.4. The van der Waals surface area contributed by atoms with Gasteiger partial charge < -0.3 is 5.11 Å². The van der Waals surface area contributed by atoms with Crippen LogP contribution in [0, 0.1) is 23.7 Å². The van der Waals surface area contributed by atoms with Crippen LogP contribution in [0.15, 0.2) is 36.4 Å². The summed E-state index contributed by atoms with van der Waals surface area (Å²) in [4.78, 5) is 0. The van der Waals surface area contributed by atoms with Gasteiger partial charge in [0, 0.05) is 0 Å². The molecule has 5 atom stereocenters.